The Morgan fingerprint density at radius 3 is 3.00 bits per heavy atom. The lowest BCUT2D eigenvalue weighted by Crippen LogP contribution is -1.97. The molecule has 2 rings (SSSR count). The molecule has 0 amide bonds. The van der Waals surface area contributed by atoms with Gasteiger partial charge in [0.05, 0.1) is 18.1 Å². The Balaban J connectivity index is 1.93. The summed E-state index contributed by atoms with van der Waals surface area (Å²) in [6, 6.07) is 5.88. The van der Waals surface area contributed by atoms with Crippen molar-refractivity contribution in [3.05, 3.63) is 18.2 Å². The van der Waals surface area contributed by atoms with Crippen LogP contribution in [0.15, 0.2) is 23.4 Å². The fourth-order valence-electron chi connectivity index (χ4n) is 1.75. The number of imidazole rings is 1. The molecule has 0 aliphatic carbocycles. The van der Waals surface area contributed by atoms with E-state index in [1.807, 2.05) is 18.2 Å². The first-order valence-electron chi connectivity index (χ1n) is 6.20. The number of nitrogens with one attached hydrogen (secondary N) is 1. The predicted molar refractivity (Wildman–Crippen MR) is 76.3 cm³/mol. The number of aromatic amines is 1. The molecule has 0 saturated heterocycles. The van der Waals surface area contributed by atoms with Gasteiger partial charge in [-0.2, -0.15) is 0 Å². The number of hydrogen-bond donors (Lipinski definition) is 2. The maximum Gasteiger partial charge on any atom is 0.166 e. The quantitative estimate of drug-likeness (QED) is 0.597. The van der Waals surface area contributed by atoms with E-state index in [0.29, 0.717) is 0 Å². The van der Waals surface area contributed by atoms with Crippen LogP contribution in [0.25, 0.3) is 11.0 Å². The van der Waals surface area contributed by atoms with Crippen molar-refractivity contribution in [2.45, 2.75) is 24.4 Å². The topological polar surface area (TPSA) is 63.9 Å². The second-order valence-electron chi connectivity index (χ2n) is 4.12. The maximum atomic E-state index is 5.46. The summed E-state index contributed by atoms with van der Waals surface area (Å²) in [5.41, 5.74) is 7.48. The van der Waals surface area contributed by atoms with E-state index in [0.717, 1.165) is 40.7 Å². The number of rotatable bonds is 7. The summed E-state index contributed by atoms with van der Waals surface area (Å²) in [7, 11) is 1.67. The molecule has 5 heteroatoms. The molecule has 0 aliphatic rings. The predicted octanol–water partition coefficient (Wildman–Crippen LogP) is 2.79. The van der Waals surface area contributed by atoms with Gasteiger partial charge in [-0.3, -0.25) is 0 Å². The minimum absolute atomic E-state index is 0.787. The second-order valence-corrected chi connectivity index (χ2v) is 5.21. The van der Waals surface area contributed by atoms with Gasteiger partial charge in [-0.25, -0.2) is 4.98 Å². The Morgan fingerprint density at radius 1 is 1.33 bits per heavy atom. The normalized spacial score (nSPS) is 11.0. The number of aromatic nitrogens is 2. The molecular weight excluding hydrogens is 246 g/mol. The van der Waals surface area contributed by atoms with Gasteiger partial charge in [0, 0.05) is 11.8 Å². The van der Waals surface area contributed by atoms with Gasteiger partial charge in [0.2, 0.25) is 0 Å². The molecule has 0 spiro atoms. The van der Waals surface area contributed by atoms with E-state index >= 15 is 0 Å². The molecule has 3 N–H and O–H groups in total. The molecule has 0 fully saturated rings. The molecule has 0 aliphatic heterocycles. The lowest BCUT2D eigenvalue weighted by atomic mass is 10.2. The van der Waals surface area contributed by atoms with Crippen LogP contribution in [0.1, 0.15) is 19.3 Å². The van der Waals surface area contributed by atoms with Crippen LogP contribution in [-0.4, -0.2) is 29.4 Å². The number of nitrogens with two attached hydrogens (primary N) is 1. The number of benzene rings is 1. The van der Waals surface area contributed by atoms with Crippen LogP contribution in [0.4, 0.5) is 0 Å². The van der Waals surface area contributed by atoms with Crippen molar-refractivity contribution < 1.29 is 4.74 Å². The van der Waals surface area contributed by atoms with Crippen molar-refractivity contribution in [3.8, 4) is 5.75 Å². The summed E-state index contributed by atoms with van der Waals surface area (Å²) in [6.45, 7) is 0.787. The minimum Gasteiger partial charge on any atom is -0.497 e. The number of hydrogen-bond acceptors (Lipinski definition) is 4. The van der Waals surface area contributed by atoms with Gasteiger partial charge in [-0.05, 0) is 31.5 Å². The summed E-state index contributed by atoms with van der Waals surface area (Å²) in [6.07, 6.45) is 3.48. The van der Waals surface area contributed by atoms with Crippen molar-refractivity contribution in [1.29, 1.82) is 0 Å². The van der Waals surface area contributed by atoms with Crippen molar-refractivity contribution in [1.82, 2.24) is 9.97 Å². The van der Waals surface area contributed by atoms with E-state index in [1.165, 1.54) is 12.8 Å². The van der Waals surface area contributed by atoms with Crippen LogP contribution in [0, 0.1) is 0 Å². The Kier molecular flexibility index (Phi) is 4.90. The van der Waals surface area contributed by atoms with Crippen LogP contribution in [0.3, 0.4) is 0 Å². The van der Waals surface area contributed by atoms with Crippen LogP contribution >= 0.6 is 11.8 Å². The van der Waals surface area contributed by atoms with Crippen LogP contribution in [-0.2, 0) is 0 Å². The van der Waals surface area contributed by atoms with Gasteiger partial charge >= 0.3 is 0 Å². The van der Waals surface area contributed by atoms with E-state index in [-0.39, 0.29) is 0 Å². The van der Waals surface area contributed by atoms with Gasteiger partial charge in [0.15, 0.2) is 5.16 Å². The Bertz CT molecular complexity index is 498. The van der Waals surface area contributed by atoms with Gasteiger partial charge in [-0.15, -0.1) is 0 Å². The van der Waals surface area contributed by atoms with Crippen molar-refractivity contribution in [3.63, 3.8) is 0 Å². The second kappa shape index (κ2) is 6.66. The third-order valence-corrected chi connectivity index (χ3v) is 3.71. The van der Waals surface area contributed by atoms with E-state index < -0.39 is 0 Å². The zero-order valence-electron chi connectivity index (χ0n) is 10.6. The Morgan fingerprint density at radius 2 is 2.22 bits per heavy atom. The molecule has 98 valence electrons. The van der Waals surface area contributed by atoms with Crippen LogP contribution < -0.4 is 10.5 Å². The molecule has 18 heavy (non-hydrogen) atoms. The van der Waals surface area contributed by atoms with Gasteiger partial charge in [-0.1, -0.05) is 18.2 Å². The largest absolute Gasteiger partial charge is 0.497 e. The number of fused-ring (bicyclic) bond motifs is 1. The molecule has 4 nitrogen and oxygen atoms in total. The monoisotopic (exact) mass is 265 g/mol. The third kappa shape index (κ3) is 3.40. The molecule has 2 aromatic rings. The highest BCUT2D eigenvalue weighted by atomic mass is 32.2. The van der Waals surface area contributed by atoms with Crippen molar-refractivity contribution in [2.75, 3.05) is 19.4 Å². The SMILES string of the molecule is COc1ccc2nc(SCCCCCN)[nH]c2c1. The first-order chi connectivity index (χ1) is 8.83. The first kappa shape index (κ1) is 13.2. The third-order valence-electron chi connectivity index (χ3n) is 2.75. The molecule has 1 heterocycles. The number of ether oxygens (including phenoxy) is 1. The van der Waals surface area contributed by atoms with E-state index in [4.69, 9.17) is 10.5 Å². The summed E-state index contributed by atoms with van der Waals surface area (Å²) in [5, 5.41) is 0.978. The van der Waals surface area contributed by atoms with E-state index in [9.17, 15) is 0 Å². The average Bonchev–Trinajstić information content (AvgIpc) is 2.80. The lowest BCUT2D eigenvalue weighted by molar-refractivity contribution is 0.415. The van der Waals surface area contributed by atoms with E-state index in [2.05, 4.69) is 9.97 Å². The van der Waals surface area contributed by atoms with E-state index in [1.54, 1.807) is 18.9 Å². The van der Waals surface area contributed by atoms with Gasteiger partial charge < -0.3 is 15.5 Å². The van der Waals surface area contributed by atoms with Crippen LogP contribution in [0.2, 0.25) is 0 Å². The number of nitrogens with zero attached hydrogens (tertiary/aromatic N) is 1. The number of methoxy groups -OCH3 is 1. The summed E-state index contributed by atoms with van der Waals surface area (Å²) < 4.78 is 5.19. The molecule has 0 saturated carbocycles. The number of unbranched alkanes of at least 4 members (excludes halogenated alkanes) is 2. The first-order valence-corrected chi connectivity index (χ1v) is 7.18. The molecule has 0 unspecified atom stereocenters. The number of thioether (sulfide) groups is 1. The summed E-state index contributed by atoms with van der Waals surface area (Å²) >= 11 is 1.76. The zero-order valence-corrected chi connectivity index (χ0v) is 11.4. The van der Waals surface area contributed by atoms with Crippen molar-refractivity contribution >= 4 is 22.8 Å². The van der Waals surface area contributed by atoms with Crippen LogP contribution in [0.5, 0.6) is 5.75 Å². The Labute approximate surface area is 111 Å². The van der Waals surface area contributed by atoms with Gasteiger partial charge in [0.25, 0.3) is 0 Å². The molecule has 1 aromatic heterocycles. The standard InChI is InChI=1S/C13H19N3OS/c1-17-10-5-6-11-12(9-10)16-13(15-11)18-8-4-2-3-7-14/h5-6,9H,2-4,7-8,14H2,1H3,(H,15,16). The Hall–Kier alpha value is -1.20. The minimum atomic E-state index is 0.787. The highest BCUT2D eigenvalue weighted by molar-refractivity contribution is 7.99. The maximum absolute atomic E-state index is 5.46. The molecular formula is C13H19N3OS. The van der Waals surface area contributed by atoms with Gasteiger partial charge in [0.1, 0.15) is 5.75 Å². The smallest absolute Gasteiger partial charge is 0.166 e. The summed E-state index contributed by atoms with van der Waals surface area (Å²) in [4.78, 5) is 7.84. The molecule has 1 aromatic carbocycles. The molecule has 0 atom stereocenters. The average molecular weight is 265 g/mol. The van der Waals surface area contributed by atoms with Crippen molar-refractivity contribution in [2.24, 2.45) is 5.73 Å². The highest BCUT2D eigenvalue weighted by Crippen LogP contribution is 2.23. The molecule has 0 bridgehead atoms. The number of H-pyrrole nitrogens is 1. The highest BCUT2D eigenvalue weighted by Gasteiger charge is 2.04. The fraction of sp³-hybridized carbons (Fsp3) is 0.462. The fourth-order valence-corrected chi connectivity index (χ4v) is 2.64. The zero-order chi connectivity index (χ0) is 12.8. The molecule has 0 radical (unpaired) electrons. The summed E-state index contributed by atoms with van der Waals surface area (Å²) in [5.74, 6) is 1.93. The lowest BCUT2D eigenvalue weighted by Gasteiger charge is -1.97.